The van der Waals surface area contributed by atoms with Gasteiger partial charge in [-0.15, -0.1) is 0 Å². The number of aromatic nitrogens is 1. The Kier molecular flexibility index (Phi) is 5.26. The normalized spacial score (nSPS) is 10.3. The average molecular weight is 358 g/mol. The van der Waals surface area contributed by atoms with Gasteiger partial charge in [-0.05, 0) is 36.4 Å². The first kappa shape index (κ1) is 16.9. The lowest BCUT2D eigenvalue weighted by atomic mass is 10.2. The van der Waals surface area contributed by atoms with Gasteiger partial charge < -0.3 is 9.47 Å². The topological polar surface area (TPSA) is 48.4 Å². The van der Waals surface area contributed by atoms with Gasteiger partial charge in [0.15, 0.2) is 0 Å². The van der Waals surface area contributed by atoms with Crippen LogP contribution in [0.3, 0.4) is 0 Å². The van der Waals surface area contributed by atoms with Gasteiger partial charge in [0.05, 0.1) is 16.8 Å². The quantitative estimate of drug-likeness (QED) is 0.601. The summed E-state index contributed by atoms with van der Waals surface area (Å²) in [6, 6.07) is 14.2. The first-order valence-electron chi connectivity index (χ1n) is 7.41. The molecule has 0 amide bonds. The van der Waals surface area contributed by atoms with Gasteiger partial charge in [0.2, 0.25) is 0 Å². The average Bonchev–Trinajstić information content (AvgIpc) is 2.61. The van der Waals surface area contributed by atoms with Crippen molar-refractivity contribution in [2.24, 2.45) is 0 Å². The summed E-state index contributed by atoms with van der Waals surface area (Å²) in [4.78, 5) is 16.1. The fourth-order valence-electron chi connectivity index (χ4n) is 2.13. The molecule has 1 heterocycles. The van der Waals surface area contributed by atoms with Gasteiger partial charge in [-0.3, -0.25) is 4.98 Å². The summed E-state index contributed by atoms with van der Waals surface area (Å²) in [6.45, 7) is -0.0109. The molecule has 2 aromatic carbocycles. The van der Waals surface area contributed by atoms with Gasteiger partial charge >= 0.3 is 5.97 Å². The Morgan fingerprint density at radius 1 is 1.12 bits per heavy atom. The van der Waals surface area contributed by atoms with Crippen LogP contribution < -0.4 is 4.74 Å². The van der Waals surface area contributed by atoms with E-state index in [4.69, 9.17) is 21.1 Å². The van der Waals surface area contributed by atoms with E-state index in [2.05, 4.69) is 4.98 Å². The van der Waals surface area contributed by atoms with Gasteiger partial charge in [-0.2, -0.15) is 0 Å². The lowest BCUT2D eigenvalue weighted by Crippen LogP contribution is -2.07. The molecule has 25 heavy (non-hydrogen) atoms. The number of benzene rings is 2. The van der Waals surface area contributed by atoms with Crippen LogP contribution in [0.5, 0.6) is 11.5 Å². The Labute approximate surface area is 148 Å². The summed E-state index contributed by atoms with van der Waals surface area (Å²) in [6.07, 6.45) is 3.23. The van der Waals surface area contributed by atoms with Crippen molar-refractivity contribution in [3.63, 3.8) is 0 Å². The molecule has 6 heteroatoms. The fourth-order valence-corrected chi connectivity index (χ4v) is 2.38. The van der Waals surface area contributed by atoms with Crippen LogP contribution in [-0.4, -0.2) is 11.0 Å². The number of para-hydroxylation sites is 1. The largest absolute Gasteiger partial charge is 0.457 e. The Hall–Kier alpha value is -2.92. The summed E-state index contributed by atoms with van der Waals surface area (Å²) in [7, 11) is 0. The standard InChI is InChI=1S/C19H13ClFNO3/c20-17-10-14(21)7-8-16(17)19(23)24-12-13-4-1-2-6-18(13)25-15-5-3-9-22-11-15/h1-11H,12H2. The molecule has 1 aromatic heterocycles. The summed E-state index contributed by atoms with van der Waals surface area (Å²) >= 11 is 5.87. The fraction of sp³-hybridized carbons (Fsp3) is 0.0526. The minimum atomic E-state index is -0.638. The lowest BCUT2D eigenvalue weighted by molar-refractivity contribution is 0.0471. The SMILES string of the molecule is O=C(OCc1ccccc1Oc1cccnc1)c1ccc(F)cc1Cl. The molecule has 126 valence electrons. The highest BCUT2D eigenvalue weighted by molar-refractivity contribution is 6.33. The Balaban J connectivity index is 1.72. The molecule has 0 radical (unpaired) electrons. The zero-order valence-corrected chi connectivity index (χ0v) is 13.7. The summed E-state index contributed by atoms with van der Waals surface area (Å²) in [5, 5.41) is 0.00453. The minimum Gasteiger partial charge on any atom is -0.457 e. The number of pyridine rings is 1. The molecule has 0 fully saturated rings. The second-order valence-corrected chi connectivity index (χ2v) is 5.51. The maximum absolute atomic E-state index is 13.1. The first-order chi connectivity index (χ1) is 12.1. The Bertz CT molecular complexity index is 887. The van der Waals surface area contributed by atoms with Gasteiger partial charge in [0.25, 0.3) is 0 Å². The molecular formula is C19H13ClFNO3. The van der Waals surface area contributed by atoms with E-state index in [0.717, 1.165) is 12.1 Å². The van der Waals surface area contributed by atoms with Crippen molar-refractivity contribution in [1.82, 2.24) is 4.98 Å². The van der Waals surface area contributed by atoms with Gasteiger partial charge in [0, 0.05) is 11.8 Å². The molecule has 0 aliphatic rings. The van der Waals surface area contributed by atoms with Gasteiger partial charge in [0.1, 0.15) is 23.9 Å². The van der Waals surface area contributed by atoms with E-state index in [0.29, 0.717) is 17.1 Å². The third-order valence-corrected chi connectivity index (χ3v) is 3.66. The van der Waals surface area contributed by atoms with Crippen molar-refractivity contribution in [3.8, 4) is 11.5 Å². The van der Waals surface area contributed by atoms with Crippen molar-refractivity contribution < 1.29 is 18.7 Å². The van der Waals surface area contributed by atoms with Crippen LogP contribution in [0.2, 0.25) is 5.02 Å². The predicted octanol–water partition coefficient (Wildman–Crippen LogP) is 5.02. The zero-order valence-electron chi connectivity index (χ0n) is 13.0. The van der Waals surface area contributed by atoms with Crippen LogP contribution in [-0.2, 0) is 11.3 Å². The van der Waals surface area contributed by atoms with Crippen LogP contribution >= 0.6 is 11.6 Å². The van der Waals surface area contributed by atoms with Crippen LogP contribution in [0, 0.1) is 5.82 Å². The van der Waals surface area contributed by atoms with Crippen molar-refractivity contribution in [3.05, 3.63) is 89.0 Å². The first-order valence-corrected chi connectivity index (χ1v) is 7.79. The zero-order chi connectivity index (χ0) is 17.6. The summed E-state index contributed by atoms with van der Waals surface area (Å²) < 4.78 is 24.1. The highest BCUT2D eigenvalue weighted by Crippen LogP contribution is 2.26. The second-order valence-electron chi connectivity index (χ2n) is 5.10. The molecule has 0 saturated heterocycles. The maximum atomic E-state index is 13.1. The number of esters is 1. The smallest absolute Gasteiger partial charge is 0.339 e. The number of halogens is 2. The molecule has 3 rings (SSSR count). The molecule has 0 aliphatic carbocycles. The lowest BCUT2D eigenvalue weighted by Gasteiger charge is -2.11. The molecule has 3 aromatic rings. The highest BCUT2D eigenvalue weighted by atomic mass is 35.5. The number of hydrogen-bond acceptors (Lipinski definition) is 4. The van der Waals surface area contributed by atoms with Crippen molar-refractivity contribution in [1.29, 1.82) is 0 Å². The molecule has 4 nitrogen and oxygen atoms in total. The van der Waals surface area contributed by atoms with Crippen molar-refractivity contribution in [2.45, 2.75) is 6.61 Å². The molecule has 0 bridgehead atoms. The van der Waals surface area contributed by atoms with E-state index < -0.39 is 11.8 Å². The molecule has 0 aliphatic heterocycles. The molecule has 0 unspecified atom stereocenters. The molecule has 0 spiro atoms. The second kappa shape index (κ2) is 7.77. The highest BCUT2D eigenvalue weighted by Gasteiger charge is 2.14. The minimum absolute atomic E-state index is 0.00453. The van der Waals surface area contributed by atoms with Crippen molar-refractivity contribution in [2.75, 3.05) is 0 Å². The predicted molar refractivity (Wildman–Crippen MR) is 91.3 cm³/mol. The third-order valence-electron chi connectivity index (χ3n) is 3.34. The van der Waals surface area contributed by atoms with E-state index in [-0.39, 0.29) is 17.2 Å². The Morgan fingerprint density at radius 3 is 2.72 bits per heavy atom. The van der Waals surface area contributed by atoms with E-state index in [1.807, 2.05) is 12.1 Å². The third kappa shape index (κ3) is 4.33. The Morgan fingerprint density at radius 2 is 1.96 bits per heavy atom. The number of carbonyl (C=O) groups is 1. The van der Waals surface area contributed by atoms with E-state index >= 15 is 0 Å². The maximum Gasteiger partial charge on any atom is 0.339 e. The number of nitrogens with zero attached hydrogens (tertiary/aromatic N) is 1. The number of ether oxygens (including phenoxy) is 2. The summed E-state index contributed by atoms with van der Waals surface area (Å²) in [5.74, 6) is -0.0331. The van der Waals surface area contributed by atoms with E-state index in [1.165, 1.54) is 6.07 Å². The molecule has 0 N–H and O–H groups in total. The van der Waals surface area contributed by atoms with Crippen LogP contribution in [0.25, 0.3) is 0 Å². The van der Waals surface area contributed by atoms with Gasteiger partial charge in [-0.1, -0.05) is 29.8 Å². The van der Waals surface area contributed by atoms with Crippen LogP contribution in [0.15, 0.2) is 67.0 Å². The summed E-state index contributed by atoms with van der Waals surface area (Å²) in [5.41, 5.74) is 0.784. The number of carbonyl (C=O) groups excluding carboxylic acids is 1. The van der Waals surface area contributed by atoms with Crippen molar-refractivity contribution >= 4 is 17.6 Å². The van der Waals surface area contributed by atoms with Crippen LogP contribution in [0.4, 0.5) is 4.39 Å². The van der Waals surface area contributed by atoms with E-state index in [1.54, 1.807) is 36.7 Å². The number of hydrogen-bond donors (Lipinski definition) is 0. The molecule has 0 saturated carbocycles. The van der Waals surface area contributed by atoms with E-state index in [9.17, 15) is 9.18 Å². The monoisotopic (exact) mass is 357 g/mol. The van der Waals surface area contributed by atoms with Crippen LogP contribution in [0.1, 0.15) is 15.9 Å². The number of rotatable bonds is 5. The van der Waals surface area contributed by atoms with Gasteiger partial charge in [-0.25, -0.2) is 9.18 Å². The molecule has 0 atom stereocenters. The molecular weight excluding hydrogens is 345 g/mol.